The molecule has 0 aliphatic carbocycles. The lowest BCUT2D eigenvalue weighted by molar-refractivity contribution is -0.146. The van der Waals surface area contributed by atoms with E-state index >= 15 is 0 Å². The SMILES string of the molecule is COC(=O)N1CCC(C(=O)NCc2ccccc2)N2C(=O)C(NC(=O)OCc3ccccc3)CC12. The second-order valence-corrected chi connectivity index (χ2v) is 8.39. The van der Waals surface area contributed by atoms with Gasteiger partial charge in [-0.25, -0.2) is 9.59 Å². The maximum Gasteiger partial charge on any atom is 0.411 e. The summed E-state index contributed by atoms with van der Waals surface area (Å²) < 4.78 is 10.1. The van der Waals surface area contributed by atoms with E-state index in [4.69, 9.17) is 9.47 Å². The van der Waals surface area contributed by atoms with Crippen LogP contribution in [-0.2, 0) is 32.2 Å². The highest BCUT2D eigenvalue weighted by atomic mass is 16.6. The van der Waals surface area contributed by atoms with Crippen molar-refractivity contribution in [3.63, 3.8) is 0 Å². The first kappa shape index (κ1) is 24.1. The molecule has 2 heterocycles. The van der Waals surface area contributed by atoms with E-state index in [1.165, 1.54) is 16.9 Å². The molecule has 2 aliphatic heterocycles. The van der Waals surface area contributed by atoms with Crippen LogP contribution < -0.4 is 10.6 Å². The molecule has 0 saturated carbocycles. The quantitative estimate of drug-likeness (QED) is 0.653. The molecule has 2 saturated heterocycles. The third-order valence-corrected chi connectivity index (χ3v) is 6.19. The molecule has 3 atom stereocenters. The van der Waals surface area contributed by atoms with Crippen LogP contribution in [-0.4, -0.2) is 65.7 Å². The summed E-state index contributed by atoms with van der Waals surface area (Å²) in [6, 6.07) is 16.9. The average molecular weight is 481 g/mol. The molecule has 2 aromatic rings. The highest BCUT2D eigenvalue weighted by molar-refractivity contribution is 5.94. The van der Waals surface area contributed by atoms with Gasteiger partial charge in [-0.15, -0.1) is 0 Å². The predicted molar refractivity (Wildman–Crippen MR) is 125 cm³/mol. The zero-order valence-corrected chi connectivity index (χ0v) is 19.4. The molecular weight excluding hydrogens is 452 g/mol. The largest absolute Gasteiger partial charge is 0.453 e. The number of hydrogen-bond donors (Lipinski definition) is 2. The minimum absolute atomic E-state index is 0.0551. The van der Waals surface area contributed by atoms with Crippen LogP contribution in [0.5, 0.6) is 0 Å². The summed E-state index contributed by atoms with van der Waals surface area (Å²) in [5.41, 5.74) is 1.74. The minimum Gasteiger partial charge on any atom is -0.453 e. The van der Waals surface area contributed by atoms with Gasteiger partial charge in [0.05, 0.1) is 7.11 Å². The van der Waals surface area contributed by atoms with E-state index in [2.05, 4.69) is 10.6 Å². The molecule has 2 N–H and O–H groups in total. The lowest BCUT2D eigenvalue weighted by Crippen LogP contribution is -2.62. The number of amides is 4. The van der Waals surface area contributed by atoms with Crippen LogP contribution in [0.15, 0.2) is 60.7 Å². The van der Waals surface area contributed by atoms with Crippen molar-refractivity contribution in [1.29, 1.82) is 0 Å². The van der Waals surface area contributed by atoms with Gasteiger partial charge in [0.1, 0.15) is 24.9 Å². The molecule has 0 spiro atoms. The van der Waals surface area contributed by atoms with E-state index in [0.29, 0.717) is 6.54 Å². The summed E-state index contributed by atoms with van der Waals surface area (Å²) >= 11 is 0. The standard InChI is InChI=1S/C25H28N4O6/c1-34-25(33)28-13-12-20(22(30)26-15-17-8-4-2-5-9-17)29-21(28)14-19(23(29)31)27-24(32)35-16-18-10-6-3-7-11-18/h2-11,19-21H,12-16H2,1H3,(H,26,30)(H,27,32). The van der Waals surface area contributed by atoms with Crippen LogP contribution in [0.4, 0.5) is 9.59 Å². The third kappa shape index (κ3) is 5.53. The molecule has 184 valence electrons. The number of hydrogen-bond acceptors (Lipinski definition) is 6. The van der Waals surface area contributed by atoms with Crippen LogP contribution in [0.3, 0.4) is 0 Å². The number of carbonyl (C=O) groups is 4. The number of alkyl carbamates (subject to hydrolysis) is 1. The van der Waals surface area contributed by atoms with Crippen LogP contribution in [0.2, 0.25) is 0 Å². The first-order valence-corrected chi connectivity index (χ1v) is 11.4. The summed E-state index contributed by atoms with van der Waals surface area (Å²) in [7, 11) is 1.26. The van der Waals surface area contributed by atoms with Crippen molar-refractivity contribution >= 4 is 24.0 Å². The summed E-state index contributed by atoms with van der Waals surface area (Å²) in [4.78, 5) is 53.9. The molecule has 2 aromatic carbocycles. The van der Waals surface area contributed by atoms with Gasteiger partial charge in [-0.3, -0.25) is 14.5 Å². The highest BCUT2D eigenvalue weighted by Gasteiger charge is 2.52. The third-order valence-electron chi connectivity index (χ3n) is 6.19. The lowest BCUT2D eigenvalue weighted by atomic mass is 10.1. The van der Waals surface area contributed by atoms with E-state index in [0.717, 1.165) is 11.1 Å². The van der Waals surface area contributed by atoms with Gasteiger partial charge in [0.2, 0.25) is 11.8 Å². The Morgan fingerprint density at radius 1 is 1.00 bits per heavy atom. The Morgan fingerprint density at radius 3 is 2.31 bits per heavy atom. The molecular formula is C25H28N4O6. The summed E-state index contributed by atoms with van der Waals surface area (Å²) in [5.74, 6) is -0.760. The molecule has 4 rings (SSSR count). The number of benzene rings is 2. The van der Waals surface area contributed by atoms with E-state index < -0.39 is 36.3 Å². The van der Waals surface area contributed by atoms with Crippen molar-refractivity contribution in [3.05, 3.63) is 71.8 Å². The number of nitrogens with zero attached hydrogens (tertiary/aromatic N) is 2. The molecule has 4 amide bonds. The van der Waals surface area contributed by atoms with E-state index in [1.54, 1.807) is 0 Å². The summed E-state index contributed by atoms with van der Waals surface area (Å²) in [5, 5.41) is 5.46. The number of methoxy groups -OCH3 is 1. The number of rotatable bonds is 6. The van der Waals surface area contributed by atoms with E-state index in [1.807, 2.05) is 60.7 Å². The summed E-state index contributed by atoms with van der Waals surface area (Å²) in [6.07, 6.45) is -1.68. The molecule has 10 nitrogen and oxygen atoms in total. The smallest absolute Gasteiger partial charge is 0.411 e. The summed E-state index contributed by atoms with van der Waals surface area (Å²) in [6.45, 7) is 0.617. The molecule has 0 radical (unpaired) electrons. The lowest BCUT2D eigenvalue weighted by Gasteiger charge is -2.43. The van der Waals surface area contributed by atoms with Crippen molar-refractivity contribution in [2.45, 2.75) is 44.2 Å². The second kappa shape index (κ2) is 10.9. The first-order chi connectivity index (χ1) is 17.0. The maximum absolute atomic E-state index is 13.3. The topological polar surface area (TPSA) is 117 Å². The Hall–Kier alpha value is -4.08. The average Bonchev–Trinajstić information content (AvgIpc) is 3.22. The Morgan fingerprint density at radius 2 is 1.66 bits per heavy atom. The number of ether oxygens (including phenoxy) is 2. The Kier molecular flexibility index (Phi) is 7.49. The van der Waals surface area contributed by atoms with Gasteiger partial charge in [0.15, 0.2) is 0 Å². The van der Waals surface area contributed by atoms with E-state index in [-0.39, 0.29) is 31.9 Å². The van der Waals surface area contributed by atoms with Gasteiger partial charge in [-0.1, -0.05) is 60.7 Å². The zero-order valence-electron chi connectivity index (χ0n) is 19.4. The Labute approximate surface area is 203 Å². The molecule has 10 heteroatoms. The zero-order chi connectivity index (χ0) is 24.8. The number of carbonyl (C=O) groups excluding carboxylic acids is 4. The van der Waals surface area contributed by atoms with Gasteiger partial charge in [-0.05, 0) is 17.5 Å². The van der Waals surface area contributed by atoms with Gasteiger partial charge in [0.25, 0.3) is 0 Å². The molecule has 2 fully saturated rings. The monoisotopic (exact) mass is 480 g/mol. The van der Waals surface area contributed by atoms with Gasteiger partial charge in [-0.2, -0.15) is 0 Å². The normalized spacial score (nSPS) is 21.2. The fourth-order valence-corrected chi connectivity index (χ4v) is 4.46. The van der Waals surface area contributed by atoms with Crippen molar-refractivity contribution in [3.8, 4) is 0 Å². The van der Waals surface area contributed by atoms with E-state index in [9.17, 15) is 19.2 Å². The minimum atomic E-state index is -0.932. The highest BCUT2D eigenvalue weighted by Crippen LogP contribution is 2.31. The van der Waals surface area contributed by atoms with Gasteiger partial charge >= 0.3 is 12.2 Å². The fraction of sp³-hybridized carbons (Fsp3) is 0.360. The molecule has 2 aliphatic rings. The van der Waals surface area contributed by atoms with Crippen LogP contribution in [0.25, 0.3) is 0 Å². The van der Waals surface area contributed by atoms with Crippen LogP contribution in [0, 0.1) is 0 Å². The van der Waals surface area contributed by atoms with Crippen LogP contribution in [0.1, 0.15) is 24.0 Å². The first-order valence-electron chi connectivity index (χ1n) is 11.4. The van der Waals surface area contributed by atoms with Crippen molar-refractivity contribution in [2.24, 2.45) is 0 Å². The Balaban J connectivity index is 1.43. The van der Waals surface area contributed by atoms with Gasteiger partial charge in [0, 0.05) is 19.5 Å². The molecule has 0 bridgehead atoms. The molecule has 3 unspecified atom stereocenters. The fourth-order valence-electron chi connectivity index (χ4n) is 4.46. The Bertz CT molecular complexity index is 1060. The number of nitrogens with one attached hydrogen (secondary N) is 2. The number of fused-ring (bicyclic) bond motifs is 1. The van der Waals surface area contributed by atoms with Crippen LogP contribution >= 0.6 is 0 Å². The maximum atomic E-state index is 13.3. The van der Waals surface area contributed by atoms with Crippen molar-refractivity contribution in [2.75, 3.05) is 13.7 Å². The van der Waals surface area contributed by atoms with Gasteiger partial charge < -0.3 is 25.0 Å². The van der Waals surface area contributed by atoms with Crippen molar-refractivity contribution < 1.29 is 28.7 Å². The van der Waals surface area contributed by atoms with Crippen molar-refractivity contribution in [1.82, 2.24) is 20.4 Å². The predicted octanol–water partition coefficient (Wildman–Crippen LogP) is 2.00. The molecule has 0 aromatic heterocycles. The second-order valence-electron chi connectivity index (χ2n) is 8.39. The molecule has 35 heavy (non-hydrogen) atoms.